The van der Waals surface area contributed by atoms with Crippen LogP contribution in [0.15, 0.2) is 23.4 Å². The van der Waals surface area contributed by atoms with E-state index in [-0.39, 0.29) is 12.2 Å². The minimum Gasteiger partial charge on any atom is -0.324 e. The molecule has 0 saturated heterocycles. The molecule has 0 saturated carbocycles. The molecule has 0 aliphatic carbocycles. The molecule has 0 unspecified atom stereocenters. The first-order chi connectivity index (χ1) is 9.54. The zero-order valence-electron chi connectivity index (χ0n) is 10.6. The van der Waals surface area contributed by atoms with E-state index in [2.05, 4.69) is 10.2 Å². The van der Waals surface area contributed by atoms with Gasteiger partial charge in [0, 0.05) is 18.9 Å². The van der Waals surface area contributed by atoms with Crippen molar-refractivity contribution in [2.75, 3.05) is 0 Å². The minimum atomic E-state index is -0.441. The van der Waals surface area contributed by atoms with Gasteiger partial charge in [-0.1, -0.05) is 29.4 Å². The molecule has 2 N–H and O–H groups in total. The third kappa shape index (κ3) is 2.92. The van der Waals surface area contributed by atoms with Crippen molar-refractivity contribution in [1.29, 1.82) is 0 Å². The van der Waals surface area contributed by atoms with Gasteiger partial charge < -0.3 is 10.3 Å². The highest BCUT2D eigenvalue weighted by molar-refractivity contribution is 7.98. The molecule has 7 nitrogen and oxygen atoms in total. The maximum atomic E-state index is 11.0. The van der Waals surface area contributed by atoms with Crippen molar-refractivity contribution in [2.45, 2.75) is 17.5 Å². The second kappa shape index (κ2) is 6.21. The number of hydrogen-bond donors (Lipinski definition) is 1. The van der Waals surface area contributed by atoms with E-state index < -0.39 is 4.92 Å². The maximum Gasteiger partial charge on any atom is 0.274 e. The third-order valence-corrected chi connectivity index (χ3v) is 4.14. The molecule has 0 fully saturated rings. The largest absolute Gasteiger partial charge is 0.324 e. The Morgan fingerprint density at radius 3 is 2.85 bits per heavy atom. The van der Waals surface area contributed by atoms with Crippen molar-refractivity contribution in [1.82, 2.24) is 14.8 Å². The number of nitrogens with two attached hydrogens (primary N) is 1. The van der Waals surface area contributed by atoms with Gasteiger partial charge in [-0.15, -0.1) is 10.2 Å². The van der Waals surface area contributed by atoms with Crippen molar-refractivity contribution in [3.05, 3.63) is 44.7 Å². The van der Waals surface area contributed by atoms with Crippen LogP contribution in [0.3, 0.4) is 0 Å². The fourth-order valence-corrected chi connectivity index (χ4v) is 2.94. The number of halogens is 1. The number of hydrogen-bond acceptors (Lipinski definition) is 6. The zero-order chi connectivity index (χ0) is 14.7. The van der Waals surface area contributed by atoms with Crippen molar-refractivity contribution in [3.8, 4) is 0 Å². The van der Waals surface area contributed by atoms with Gasteiger partial charge in [-0.05, 0) is 6.07 Å². The Balaban J connectivity index is 2.22. The summed E-state index contributed by atoms with van der Waals surface area (Å²) in [6, 6.07) is 4.62. The fourth-order valence-electron chi connectivity index (χ4n) is 1.65. The van der Waals surface area contributed by atoms with Gasteiger partial charge in [0.25, 0.3) is 5.69 Å². The Hall–Kier alpha value is -1.64. The first-order valence-electron chi connectivity index (χ1n) is 5.67. The molecule has 0 radical (unpaired) electrons. The number of benzene rings is 1. The van der Waals surface area contributed by atoms with Crippen molar-refractivity contribution in [3.63, 3.8) is 0 Å². The summed E-state index contributed by atoms with van der Waals surface area (Å²) in [5, 5.41) is 19.9. The van der Waals surface area contributed by atoms with Gasteiger partial charge in [-0.2, -0.15) is 0 Å². The topological polar surface area (TPSA) is 99.9 Å². The molecular weight excluding hydrogens is 302 g/mol. The summed E-state index contributed by atoms with van der Waals surface area (Å²) in [6.45, 7) is 0.288. The summed E-state index contributed by atoms with van der Waals surface area (Å²) in [7, 11) is 1.80. The molecule has 1 aromatic carbocycles. The van der Waals surface area contributed by atoms with E-state index in [1.54, 1.807) is 23.7 Å². The molecule has 0 bridgehead atoms. The Morgan fingerprint density at radius 2 is 2.25 bits per heavy atom. The summed E-state index contributed by atoms with van der Waals surface area (Å²) in [4.78, 5) is 10.5. The van der Waals surface area contributed by atoms with Gasteiger partial charge in [0.2, 0.25) is 0 Å². The predicted molar refractivity (Wildman–Crippen MR) is 76.6 cm³/mol. The molecule has 106 valence electrons. The van der Waals surface area contributed by atoms with E-state index in [1.165, 1.54) is 17.8 Å². The molecule has 2 aromatic rings. The maximum absolute atomic E-state index is 11.0. The van der Waals surface area contributed by atoms with Crippen LogP contribution in [-0.2, 0) is 19.3 Å². The fraction of sp³-hybridized carbons (Fsp3) is 0.273. The molecule has 0 aliphatic heterocycles. The predicted octanol–water partition coefficient (Wildman–Crippen LogP) is 2.13. The van der Waals surface area contributed by atoms with Gasteiger partial charge in [0.05, 0.1) is 22.1 Å². The molecule has 0 spiro atoms. The number of aromatic nitrogens is 3. The molecule has 1 heterocycles. The third-order valence-electron chi connectivity index (χ3n) is 2.74. The zero-order valence-corrected chi connectivity index (χ0v) is 12.2. The van der Waals surface area contributed by atoms with Gasteiger partial charge in [-0.3, -0.25) is 10.1 Å². The van der Waals surface area contributed by atoms with Crippen molar-refractivity contribution in [2.24, 2.45) is 12.8 Å². The van der Waals surface area contributed by atoms with Crippen LogP contribution in [0.2, 0.25) is 5.02 Å². The summed E-state index contributed by atoms with van der Waals surface area (Å²) in [5.41, 5.74) is 6.00. The highest BCUT2D eigenvalue weighted by Crippen LogP contribution is 2.32. The molecule has 9 heteroatoms. The minimum absolute atomic E-state index is 0.00576. The van der Waals surface area contributed by atoms with E-state index in [0.717, 1.165) is 0 Å². The number of nitrogens with zero attached hydrogens (tertiary/aromatic N) is 4. The standard InChI is InChI=1S/C11H12ClN5O2S/c1-16-10(5-13)14-15-11(16)20-6-7-8(12)3-2-4-9(7)17(18)19/h2-4H,5-6,13H2,1H3. The summed E-state index contributed by atoms with van der Waals surface area (Å²) >= 11 is 7.36. The van der Waals surface area contributed by atoms with Gasteiger partial charge in [0.1, 0.15) is 5.82 Å². The van der Waals surface area contributed by atoms with Crippen molar-refractivity contribution < 1.29 is 4.92 Å². The van der Waals surface area contributed by atoms with E-state index >= 15 is 0 Å². The Labute approximate surface area is 124 Å². The van der Waals surface area contributed by atoms with Crippen molar-refractivity contribution >= 4 is 29.1 Å². The lowest BCUT2D eigenvalue weighted by molar-refractivity contribution is -0.385. The summed E-state index contributed by atoms with van der Waals surface area (Å²) in [5.74, 6) is 0.994. The smallest absolute Gasteiger partial charge is 0.274 e. The highest BCUT2D eigenvalue weighted by atomic mass is 35.5. The first kappa shape index (κ1) is 14.8. The molecule has 1 aromatic heterocycles. The second-order valence-corrected chi connectivity index (χ2v) is 5.29. The van der Waals surface area contributed by atoms with Gasteiger partial charge in [0.15, 0.2) is 5.16 Å². The second-order valence-electron chi connectivity index (χ2n) is 3.95. The molecule has 0 atom stereocenters. The van der Waals surface area contributed by atoms with Crippen LogP contribution >= 0.6 is 23.4 Å². The van der Waals surface area contributed by atoms with Crippen LogP contribution < -0.4 is 5.73 Å². The number of nitro benzene ring substituents is 1. The van der Waals surface area contributed by atoms with Crippen LogP contribution in [0.5, 0.6) is 0 Å². The van der Waals surface area contributed by atoms with Crippen LogP contribution in [-0.4, -0.2) is 19.7 Å². The molecule has 0 amide bonds. The van der Waals surface area contributed by atoms with Crippen LogP contribution in [0, 0.1) is 10.1 Å². The SMILES string of the molecule is Cn1c(CN)nnc1SCc1c(Cl)cccc1[N+](=O)[O-]. The quantitative estimate of drug-likeness (QED) is 0.515. The normalized spacial score (nSPS) is 10.8. The lowest BCUT2D eigenvalue weighted by Gasteiger charge is -2.05. The molecular formula is C11H12ClN5O2S. The number of thioether (sulfide) groups is 1. The lowest BCUT2D eigenvalue weighted by Crippen LogP contribution is -2.05. The average Bonchev–Trinajstić information content (AvgIpc) is 2.77. The van der Waals surface area contributed by atoms with Crippen LogP contribution in [0.25, 0.3) is 0 Å². The Bertz CT molecular complexity index is 646. The van der Waals surface area contributed by atoms with E-state index in [1.807, 2.05) is 0 Å². The first-order valence-corrected chi connectivity index (χ1v) is 7.04. The Kier molecular flexibility index (Phi) is 4.58. The molecule has 0 aliphatic rings. The van der Waals surface area contributed by atoms with Crippen LogP contribution in [0.4, 0.5) is 5.69 Å². The van der Waals surface area contributed by atoms with Crippen LogP contribution in [0.1, 0.15) is 11.4 Å². The number of nitro groups is 1. The number of rotatable bonds is 5. The van der Waals surface area contributed by atoms with Gasteiger partial charge >= 0.3 is 0 Å². The average molecular weight is 314 g/mol. The van der Waals surface area contributed by atoms with Gasteiger partial charge in [-0.25, -0.2) is 0 Å². The summed E-state index contributed by atoms with van der Waals surface area (Å²) < 4.78 is 1.76. The van der Waals surface area contributed by atoms with E-state index in [4.69, 9.17) is 17.3 Å². The summed E-state index contributed by atoms with van der Waals surface area (Å²) in [6.07, 6.45) is 0. The Morgan fingerprint density at radius 1 is 1.50 bits per heavy atom. The van der Waals surface area contributed by atoms with E-state index in [9.17, 15) is 10.1 Å². The molecule has 20 heavy (non-hydrogen) atoms. The molecule has 2 rings (SSSR count). The lowest BCUT2D eigenvalue weighted by atomic mass is 10.2. The highest BCUT2D eigenvalue weighted by Gasteiger charge is 2.18. The van der Waals surface area contributed by atoms with E-state index in [0.29, 0.717) is 27.3 Å². The monoisotopic (exact) mass is 313 g/mol.